The molecule has 2 unspecified atom stereocenters. The number of likely N-dealkylation sites (N-methyl/N-ethyl adjacent to an activating group) is 2. The molecule has 2 aromatic heterocycles. The van der Waals surface area contributed by atoms with Crippen LogP contribution >= 0.6 is 0 Å². The average molecular weight is 793 g/mol. The zero-order valence-electron chi connectivity index (χ0n) is 36.5. The van der Waals surface area contributed by atoms with E-state index in [4.69, 9.17) is 0 Å². The number of rotatable bonds is 10. The summed E-state index contributed by atoms with van der Waals surface area (Å²) in [5.74, 6) is 0.205. The maximum atomic E-state index is 13.4. The van der Waals surface area contributed by atoms with Gasteiger partial charge in [-0.15, -0.1) is 0 Å². The number of hydrogen-bond acceptors (Lipinski definition) is 4. The predicted molar refractivity (Wildman–Crippen MR) is 245 cm³/mol. The van der Waals surface area contributed by atoms with Crippen LogP contribution in [0.1, 0.15) is 109 Å². The summed E-state index contributed by atoms with van der Waals surface area (Å²) < 4.78 is 2.86. The van der Waals surface area contributed by atoms with Gasteiger partial charge in [0.05, 0.1) is 0 Å². The van der Waals surface area contributed by atoms with E-state index < -0.39 is 8.24 Å². The third kappa shape index (κ3) is 7.57. The zero-order chi connectivity index (χ0) is 41.5. The monoisotopic (exact) mass is 792 g/mol. The minimum absolute atomic E-state index is 0.0902. The third-order valence-electron chi connectivity index (χ3n) is 13.7. The zero-order valence-corrected chi connectivity index (χ0v) is 37.5. The molecule has 58 heavy (non-hydrogen) atoms. The highest BCUT2D eigenvalue weighted by Crippen LogP contribution is 2.48. The van der Waals surface area contributed by atoms with Gasteiger partial charge in [0.2, 0.25) is 0 Å². The van der Waals surface area contributed by atoms with Crippen molar-refractivity contribution in [2.45, 2.75) is 109 Å². The maximum Gasteiger partial charge on any atom is 0.193 e. The number of nitrogens with one attached hydrogen (secondary N) is 1. The molecule has 0 saturated carbocycles. The molecule has 0 aliphatic heterocycles. The van der Waals surface area contributed by atoms with E-state index in [-0.39, 0.29) is 11.6 Å². The summed E-state index contributed by atoms with van der Waals surface area (Å²) in [5.41, 5.74) is 13.2. The molecule has 1 N–H and O–H groups in total. The lowest BCUT2D eigenvalue weighted by Crippen LogP contribution is -2.53. The lowest BCUT2D eigenvalue weighted by atomic mass is 9.90. The molecule has 304 valence electrons. The quantitative estimate of drug-likeness (QED) is 0.111. The van der Waals surface area contributed by atoms with E-state index >= 15 is 0 Å². The number of hydrogen-bond donors (Lipinski definition) is 1. The molecule has 0 bridgehead atoms. The van der Waals surface area contributed by atoms with E-state index in [1.807, 2.05) is 66.7 Å². The van der Waals surface area contributed by atoms with Crippen molar-refractivity contribution in [1.29, 1.82) is 0 Å². The summed E-state index contributed by atoms with van der Waals surface area (Å²) in [5, 5.41) is 2.51. The largest absolute Gasteiger partial charge is 0.370 e. The second-order valence-electron chi connectivity index (χ2n) is 18.3. The third-order valence-corrected chi connectivity index (χ3v) is 20.6. The number of ketones is 2. The fourth-order valence-corrected chi connectivity index (χ4v) is 17.7. The number of H-pyrrole nitrogens is 1. The van der Waals surface area contributed by atoms with Crippen LogP contribution in [0.15, 0.2) is 97.1 Å². The summed E-state index contributed by atoms with van der Waals surface area (Å²) in [6.07, 6.45) is 6.69. The summed E-state index contributed by atoms with van der Waals surface area (Å²) in [6, 6.07) is 32.9. The summed E-state index contributed by atoms with van der Waals surface area (Å²) >= 11 is 0. The van der Waals surface area contributed by atoms with Crippen molar-refractivity contribution in [3.63, 3.8) is 0 Å². The Hall–Kier alpha value is -4.56. The van der Waals surface area contributed by atoms with E-state index in [2.05, 4.69) is 119 Å². The Kier molecular flexibility index (Phi) is 12.2. The van der Waals surface area contributed by atoms with Crippen LogP contribution in [-0.4, -0.2) is 79.1 Å². The van der Waals surface area contributed by atoms with Crippen molar-refractivity contribution in [3.05, 3.63) is 142 Å². The number of nitrogens with zero attached hydrogens (tertiary/aromatic N) is 3. The Balaban J connectivity index is 0.000000187. The van der Waals surface area contributed by atoms with E-state index in [1.165, 1.54) is 46.0 Å². The highest BCUT2D eigenvalue weighted by Gasteiger charge is 2.48. The van der Waals surface area contributed by atoms with Gasteiger partial charge in [0.25, 0.3) is 0 Å². The van der Waals surface area contributed by atoms with Gasteiger partial charge >= 0.3 is 0 Å². The van der Waals surface area contributed by atoms with Crippen LogP contribution < -0.4 is 0 Å². The first kappa shape index (κ1) is 41.6. The molecule has 0 saturated heterocycles. The Morgan fingerprint density at radius 2 is 1.09 bits per heavy atom. The molecule has 2 aliphatic carbocycles. The standard InChI is InChI=1S/C30H42N2OSi.C21H22N2O/c1-20(2)34(21(3)4,22(5)6)32-28-16-14-24(30(33)23-12-10-9-11-13-23)18-26(28)27-19-25(31(7)8)15-17-29(27)32;1-23(2)16-9-11-20-18(13-16)17-12-15(8-10-19(17)22-20)21(24)14-6-4-3-5-7-14/h9-14,16,18,20-22,25H,15,17,19H2,1-8H3;3-8,10,12,16,22H,9,11,13H2,1-2H3. The lowest BCUT2D eigenvalue weighted by molar-refractivity contribution is 0.103. The van der Waals surface area contributed by atoms with Gasteiger partial charge in [-0.3, -0.25) is 9.59 Å². The van der Waals surface area contributed by atoms with E-state index in [0.29, 0.717) is 28.7 Å². The maximum absolute atomic E-state index is 13.4. The first-order valence-electron chi connectivity index (χ1n) is 21.6. The Morgan fingerprint density at radius 3 is 1.60 bits per heavy atom. The van der Waals surface area contributed by atoms with Crippen LogP contribution in [0.3, 0.4) is 0 Å². The van der Waals surface area contributed by atoms with Crippen molar-refractivity contribution in [2.24, 2.45) is 0 Å². The van der Waals surface area contributed by atoms with Crippen LogP contribution in [0.25, 0.3) is 21.8 Å². The molecule has 7 heteroatoms. The number of carbonyl (C=O) groups excluding carboxylic acids is 2. The SMILES string of the molecule is CC(C)[Si](C(C)C)(C(C)C)n1c2c(c3cc(C(=O)c4ccccc4)ccc31)CC(N(C)C)CC2.CN(C)C1CCc2[nH]c3ccc(C(=O)c4ccccc4)cc3c2C1. The predicted octanol–water partition coefficient (Wildman–Crippen LogP) is 11.1. The molecule has 4 aromatic carbocycles. The first-order valence-corrected chi connectivity index (χ1v) is 23.7. The fourth-order valence-electron chi connectivity index (χ4n) is 10.8. The van der Waals surface area contributed by atoms with Crippen molar-refractivity contribution in [1.82, 2.24) is 19.0 Å². The Labute approximate surface area is 347 Å². The van der Waals surface area contributed by atoms with Gasteiger partial charge in [-0.05, 0) is 131 Å². The summed E-state index contributed by atoms with van der Waals surface area (Å²) in [6.45, 7) is 14.7. The number of fused-ring (bicyclic) bond motifs is 6. The molecule has 0 radical (unpaired) electrons. The van der Waals surface area contributed by atoms with Crippen molar-refractivity contribution in [3.8, 4) is 0 Å². The molecular weight excluding hydrogens is 729 g/mol. The van der Waals surface area contributed by atoms with Crippen molar-refractivity contribution < 1.29 is 9.59 Å². The number of aromatic nitrogens is 2. The van der Waals surface area contributed by atoms with Gasteiger partial charge in [0, 0.05) is 67.5 Å². The lowest BCUT2D eigenvalue weighted by Gasteiger charge is -2.46. The highest BCUT2D eigenvalue weighted by atomic mass is 28.3. The first-order chi connectivity index (χ1) is 27.7. The number of benzene rings is 4. The highest BCUT2D eigenvalue weighted by molar-refractivity contribution is 6.82. The minimum Gasteiger partial charge on any atom is -0.370 e. The normalized spacial score (nSPS) is 16.9. The Bertz CT molecular complexity index is 2380. The van der Waals surface area contributed by atoms with E-state index in [9.17, 15) is 9.59 Å². The number of aryl methyl sites for hydroxylation is 1. The molecule has 8 rings (SSSR count). The van der Waals surface area contributed by atoms with Crippen LogP contribution in [0.2, 0.25) is 16.6 Å². The molecule has 0 fully saturated rings. The van der Waals surface area contributed by atoms with Crippen LogP contribution in [0.5, 0.6) is 0 Å². The molecule has 2 atom stereocenters. The topological polar surface area (TPSA) is 61.3 Å². The van der Waals surface area contributed by atoms with Gasteiger partial charge < -0.3 is 19.0 Å². The molecule has 0 amide bonds. The molecule has 6 nitrogen and oxygen atoms in total. The molecule has 6 aromatic rings. The summed E-state index contributed by atoms with van der Waals surface area (Å²) in [4.78, 5) is 34.3. The smallest absolute Gasteiger partial charge is 0.193 e. The van der Waals surface area contributed by atoms with E-state index in [1.54, 1.807) is 5.69 Å². The average Bonchev–Trinajstić information content (AvgIpc) is 3.75. The van der Waals surface area contributed by atoms with Crippen LogP contribution in [-0.2, 0) is 25.7 Å². The second kappa shape index (κ2) is 17.0. The van der Waals surface area contributed by atoms with Crippen LogP contribution in [0.4, 0.5) is 0 Å². The molecular formula is C51H64N4O2Si. The second-order valence-corrected chi connectivity index (χ2v) is 24.0. The minimum atomic E-state index is -1.93. The fraction of sp³-hybridized carbons (Fsp3) is 0.412. The molecule has 2 aliphatic rings. The van der Waals surface area contributed by atoms with Crippen LogP contribution in [0, 0.1) is 0 Å². The molecule has 2 heterocycles. The molecule has 0 spiro atoms. The van der Waals surface area contributed by atoms with Crippen molar-refractivity contribution >= 4 is 41.6 Å². The van der Waals surface area contributed by atoms with Gasteiger partial charge in [0.15, 0.2) is 19.8 Å². The number of aromatic amines is 1. The number of carbonyl (C=O) groups is 2. The van der Waals surface area contributed by atoms with Gasteiger partial charge in [-0.2, -0.15) is 0 Å². The van der Waals surface area contributed by atoms with Crippen molar-refractivity contribution in [2.75, 3.05) is 28.2 Å². The van der Waals surface area contributed by atoms with Gasteiger partial charge in [-0.25, -0.2) is 0 Å². The van der Waals surface area contributed by atoms with E-state index in [0.717, 1.165) is 53.5 Å². The van der Waals surface area contributed by atoms with Gasteiger partial charge in [0.1, 0.15) is 0 Å². The van der Waals surface area contributed by atoms with Gasteiger partial charge in [-0.1, -0.05) is 102 Å². The Morgan fingerprint density at radius 1 is 0.603 bits per heavy atom. The summed E-state index contributed by atoms with van der Waals surface area (Å²) in [7, 11) is 6.77.